The SMILES string of the molecule is CCOc1ccccc1C(=O)CNc1nc(-c2ccncn2)cc(=O)n1C. The molecule has 3 rings (SSSR count). The highest BCUT2D eigenvalue weighted by atomic mass is 16.5. The highest BCUT2D eigenvalue weighted by molar-refractivity contribution is 6.01. The Morgan fingerprint density at radius 3 is 2.78 bits per heavy atom. The van der Waals surface area contributed by atoms with Crippen LogP contribution in [-0.4, -0.2) is 38.5 Å². The van der Waals surface area contributed by atoms with Crippen molar-refractivity contribution in [3.63, 3.8) is 0 Å². The lowest BCUT2D eigenvalue weighted by Gasteiger charge is -2.12. The van der Waals surface area contributed by atoms with Crippen molar-refractivity contribution in [2.45, 2.75) is 6.92 Å². The average Bonchev–Trinajstić information content (AvgIpc) is 2.70. The van der Waals surface area contributed by atoms with Crippen LogP contribution in [-0.2, 0) is 7.05 Å². The number of anilines is 1. The van der Waals surface area contributed by atoms with E-state index < -0.39 is 0 Å². The summed E-state index contributed by atoms with van der Waals surface area (Å²) in [7, 11) is 1.58. The summed E-state index contributed by atoms with van der Waals surface area (Å²) in [5.41, 5.74) is 1.15. The van der Waals surface area contributed by atoms with E-state index in [0.29, 0.717) is 29.3 Å². The largest absolute Gasteiger partial charge is 0.493 e. The predicted octanol–water partition coefficient (Wildman–Crippen LogP) is 1.93. The molecule has 0 aliphatic rings. The minimum atomic E-state index is -0.261. The lowest BCUT2D eigenvalue weighted by atomic mass is 10.1. The smallest absolute Gasteiger partial charge is 0.255 e. The molecule has 2 heterocycles. The van der Waals surface area contributed by atoms with Gasteiger partial charge in [0.15, 0.2) is 5.78 Å². The van der Waals surface area contributed by atoms with Gasteiger partial charge in [0.05, 0.1) is 30.1 Å². The number of aromatic nitrogens is 4. The number of ketones is 1. The number of nitrogens with one attached hydrogen (secondary N) is 1. The molecule has 0 fully saturated rings. The summed E-state index contributed by atoms with van der Waals surface area (Å²) < 4.78 is 6.84. The average molecular weight is 365 g/mol. The first-order chi connectivity index (χ1) is 13.1. The van der Waals surface area contributed by atoms with E-state index in [1.807, 2.05) is 13.0 Å². The first-order valence-electron chi connectivity index (χ1n) is 8.43. The number of para-hydroxylation sites is 1. The van der Waals surface area contributed by atoms with Gasteiger partial charge in [-0.1, -0.05) is 12.1 Å². The van der Waals surface area contributed by atoms with Gasteiger partial charge in [-0.25, -0.2) is 15.0 Å². The number of Topliss-reactive ketones (excluding diaryl/α,β-unsaturated/α-hetero) is 1. The highest BCUT2D eigenvalue weighted by Gasteiger charge is 2.14. The van der Waals surface area contributed by atoms with Crippen LogP contribution >= 0.6 is 0 Å². The van der Waals surface area contributed by atoms with Gasteiger partial charge in [0, 0.05) is 19.3 Å². The van der Waals surface area contributed by atoms with E-state index in [1.165, 1.54) is 17.0 Å². The molecule has 27 heavy (non-hydrogen) atoms. The second-order valence-corrected chi connectivity index (χ2v) is 5.66. The molecule has 0 unspecified atom stereocenters. The topological polar surface area (TPSA) is 99.0 Å². The molecule has 0 aliphatic carbocycles. The van der Waals surface area contributed by atoms with Gasteiger partial charge in [0.25, 0.3) is 5.56 Å². The van der Waals surface area contributed by atoms with E-state index in [4.69, 9.17) is 4.74 Å². The van der Waals surface area contributed by atoms with Gasteiger partial charge in [0.2, 0.25) is 5.95 Å². The van der Waals surface area contributed by atoms with Crippen LogP contribution in [0.25, 0.3) is 11.4 Å². The monoisotopic (exact) mass is 365 g/mol. The van der Waals surface area contributed by atoms with Gasteiger partial charge in [-0.05, 0) is 25.1 Å². The van der Waals surface area contributed by atoms with Gasteiger partial charge in [0.1, 0.15) is 12.1 Å². The first-order valence-corrected chi connectivity index (χ1v) is 8.43. The lowest BCUT2D eigenvalue weighted by molar-refractivity contribution is 0.100. The number of carbonyl (C=O) groups excluding carboxylic acids is 1. The zero-order valence-corrected chi connectivity index (χ0v) is 15.0. The molecule has 0 saturated heterocycles. The molecule has 0 aliphatic heterocycles. The van der Waals surface area contributed by atoms with Crippen molar-refractivity contribution < 1.29 is 9.53 Å². The van der Waals surface area contributed by atoms with Crippen molar-refractivity contribution in [1.29, 1.82) is 0 Å². The molecule has 0 amide bonds. The molecule has 1 aromatic carbocycles. The van der Waals surface area contributed by atoms with E-state index in [2.05, 4.69) is 20.3 Å². The van der Waals surface area contributed by atoms with Crippen LogP contribution in [0.4, 0.5) is 5.95 Å². The maximum Gasteiger partial charge on any atom is 0.255 e. The van der Waals surface area contributed by atoms with Gasteiger partial charge >= 0.3 is 0 Å². The number of nitrogens with zero attached hydrogens (tertiary/aromatic N) is 4. The fourth-order valence-corrected chi connectivity index (χ4v) is 2.50. The summed E-state index contributed by atoms with van der Waals surface area (Å²) in [6, 6.07) is 10.1. The van der Waals surface area contributed by atoms with Gasteiger partial charge in [-0.2, -0.15) is 0 Å². The molecule has 0 bridgehead atoms. The summed E-state index contributed by atoms with van der Waals surface area (Å²) in [5.74, 6) is 0.641. The lowest BCUT2D eigenvalue weighted by Crippen LogP contribution is -2.25. The Morgan fingerprint density at radius 2 is 2.04 bits per heavy atom. The molecular weight excluding hydrogens is 346 g/mol. The van der Waals surface area contributed by atoms with Crippen LogP contribution in [0.3, 0.4) is 0 Å². The minimum absolute atomic E-state index is 0.0302. The van der Waals surface area contributed by atoms with Crippen molar-refractivity contribution in [2.24, 2.45) is 7.05 Å². The molecule has 0 spiro atoms. The molecule has 0 atom stereocenters. The third-order valence-electron chi connectivity index (χ3n) is 3.87. The summed E-state index contributed by atoms with van der Waals surface area (Å²) in [6.07, 6.45) is 2.96. The van der Waals surface area contributed by atoms with Crippen molar-refractivity contribution in [2.75, 3.05) is 18.5 Å². The standard InChI is InChI=1S/C19H19N5O3/c1-3-27-17-7-5-4-6-13(17)16(25)11-21-19-23-15(10-18(26)24(19)2)14-8-9-20-12-22-14/h4-10,12H,3,11H2,1-2H3,(H,21,23). The Morgan fingerprint density at radius 1 is 1.22 bits per heavy atom. The maximum absolute atomic E-state index is 12.6. The number of hydrogen-bond acceptors (Lipinski definition) is 7. The molecule has 8 heteroatoms. The van der Waals surface area contributed by atoms with Gasteiger partial charge in [-0.15, -0.1) is 0 Å². The molecule has 0 saturated carbocycles. The molecule has 1 N–H and O–H groups in total. The second kappa shape index (κ2) is 8.22. The Hall–Kier alpha value is -3.55. The van der Waals surface area contributed by atoms with Crippen LogP contribution in [0, 0.1) is 0 Å². The van der Waals surface area contributed by atoms with Crippen molar-refractivity contribution in [3.05, 3.63) is 64.8 Å². The molecule has 3 aromatic rings. The zero-order valence-electron chi connectivity index (χ0n) is 15.0. The van der Waals surface area contributed by atoms with E-state index in [1.54, 1.807) is 37.5 Å². The summed E-state index contributed by atoms with van der Waals surface area (Å²) in [6.45, 7) is 2.30. The van der Waals surface area contributed by atoms with Crippen molar-refractivity contribution in [3.8, 4) is 17.1 Å². The normalized spacial score (nSPS) is 10.4. The number of hydrogen-bond donors (Lipinski definition) is 1. The number of carbonyl (C=O) groups is 1. The summed E-state index contributed by atoms with van der Waals surface area (Å²) in [4.78, 5) is 37.2. The maximum atomic E-state index is 12.6. The first kappa shape index (κ1) is 18.2. The zero-order chi connectivity index (χ0) is 19.2. The summed E-state index contributed by atoms with van der Waals surface area (Å²) in [5, 5.41) is 2.93. The Labute approximate surface area is 155 Å². The fourth-order valence-electron chi connectivity index (χ4n) is 2.50. The Balaban J connectivity index is 1.83. The van der Waals surface area contributed by atoms with E-state index in [-0.39, 0.29) is 23.8 Å². The van der Waals surface area contributed by atoms with Crippen LogP contribution in [0.2, 0.25) is 0 Å². The highest BCUT2D eigenvalue weighted by Crippen LogP contribution is 2.19. The fraction of sp³-hybridized carbons (Fsp3) is 0.211. The third kappa shape index (κ3) is 4.17. The van der Waals surface area contributed by atoms with E-state index >= 15 is 0 Å². The summed E-state index contributed by atoms with van der Waals surface area (Å²) >= 11 is 0. The quantitative estimate of drug-likeness (QED) is 0.639. The molecule has 8 nitrogen and oxygen atoms in total. The predicted molar refractivity (Wildman–Crippen MR) is 101 cm³/mol. The number of ether oxygens (including phenoxy) is 1. The van der Waals surface area contributed by atoms with Gasteiger partial charge < -0.3 is 10.1 Å². The molecule has 138 valence electrons. The van der Waals surface area contributed by atoms with E-state index in [9.17, 15) is 9.59 Å². The minimum Gasteiger partial charge on any atom is -0.493 e. The van der Waals surface area contributed by atoms with Crippen molar-refractivity contribution >= 4 is 11.7 Å². The van der Waals surface area contributed by atoms with Crippen LogP contribution in [0.5, 0.6) is 5.75 Å². The number of rotatable bonds is 7. The van der Waals surface area contributed by atoms with Crippen LogP contribution in [0.15, 0.2) is 53.7 Å². The van der Waals surface area contributed by atoms with Gasteiger partial charge in [-0.3, -0.25) is 14.2 Å². The second-order valence-electron chi connectivity index (χ2n) is 5.66. The Kier molecular flexibility index (Phi) is 5.55. The number of benzene rings is 1. The molecule has 0 radical (unpaired) electrons. The Bertz CT molecular complexity index is 1000. The molecular formula is C19H19N5O3. The van der Waals surface area contributed by atoms with Crippen LogP contribution < -0.4 is 15.6 Å². The van der Waals surface area contributed by atoms with Crippen LogP contribution in [0.1, 0.15) is 17.3 Å². The van der Waals surface area contributed by atoms with E-state index in [0.717, 1.165) is 0 Å². The van der Waals surface area contributed by atoms with Crippen molar-refractivity contribution in [1.82, 2.24) is 19.5 Å². The molecule has 2 aromatic heterocycles. The third-order valence-corrected chi connectivity index (χ3v) is 3.87.